The molecule has 3 nitrogen and oxygen atoms in total. The molecule has 1 aliphatic heterocycles. The smallest absolute Gasteiger partial charge is 0.179 e. The first-order valence-electron chi connectivity index (χ1n) is 4.36. The van der Waals surface area contributed by atoms with Gasteiger partial charge >= 0.3 is 0 Å². The van der Waals surface area contributed by atoms with Gasteiger partial charge in [0.15, 0.2) is 9.89 Å². The molecule has 0 aromatic carbocycles. The van der Waals surface area contributed by atoms with Crippen molar-refractivity contribution in [2.45, 2.75) is 25.3 Å². The number of hydrogen-bond acceptors (Lipinski definition) is 2. The molecule has 2 heterocycles. The van der Waals surface area contributed by atoms with E-state index < -0.39 is 0 Å². The molecular formula is C8H11BrClN3. The minimum absolute atomic E-state index is 0.359. The van der Waals surface area contributed by atoms with Gasteiger partial charge in [-0.25, -0.2) is 4.98 Å². The van der Waals surface area contributed by atoms with Crippen molar-refractivity contribution in [3.8, 4) is 0 Å². The van der Waals surface area contributed by atoms with Gasteiger partial charge in [-0.2, -0.15) is 0 Å². The van der Waals surface area contributed by atoms with Gasteiger partial charge in [0.2, 0.25) is 0 Å². The van der Waals surface area contributed by atoms with E-state index in [9.17, 15) is 0 Å². The summed E-state index contributed by atoms with van der Waals surface area (Å²) in [5.41, 5.74) is 6.80. The molecule has 1 aromatic rings. The number of imidazole rings is 1. The van der Waals surface area contributed by atoms with Crippen LogP contribution in [0.4, 0.5) is 0 Å². The fourth-order valence-electron chi connectivity index (χ4n) is 1.86. The van der Waals surface area contributed by atoms with Crippen LogP contribution in [-0.2, 0) is 6.42 Å². The van der Waals surface area contributed by atoms with E-state index in [1.165, 1.54) is 0 Å². The summed E-state index contributed by atoms with van der Waals surface area (Å²) in [6.07, 6.45) is 3.28. The average molecular weight is 265 g/mol. The lowest BCUT2D eigenvalue weighted by Gasteiger charge is -2.24. The largest absolute Gasteiger partial charge is 0.328 e. The lowest BCUT2D eigenvalue weighted by atomic mass is 10.0. The van der Waals surface area contributed by atoms with Crippen LogP contribution in [0.3, 0.4) is 0 Å². The van der Waals surface area contributed by atoms with Crippen LogP contribution >= 0.6 is 27.5 Å². The Labute approximate surface area is 90.4 Å². The van der Waals surface area contributed by atoms with Crippen molar-refractivity contribution < 1.29 is 0 Å². The summed E-state index contributed by atoms with van der Waals surface area (Å²) in [6.45, 7) is 0.651. The van der Waals surface area contributed by atoms with E-state index in [-0.39, 0.29) is 0 Å². The Hall–Kier alpha value is -0.0600. The summed E-state index contributed by atoms with van der Waals surface area (Å²) >= 11 is 9.38. The SMILES string of the molecule is NCC1CCCc2c(Cl)nc(Br)n21. The third kappa shape index (κ3) is 1.51. The molecule has 0 fully saturated rings. The first kappa shape index (κ1) is 9.49. The number of fused-ring (bicyclic) bond motifs is 1. The topological polar surface area (TPSA) is 43.8 Å². The van der Waals surface area contributed by atoms with E-state index in [0.29, 0.717) is 17.7 Å². The van der Waals surface area contributed by atoms with Crippen LogP contribution in [0.2, 0.25) is 5.15 Å². The molecule has 5 heteroatoms. The second-order valence-corrected chi connectivity index (χ2v) is 4.34. The van der Waals surface area contributed by atoms with Crippen molar-refractivity contribution >= 4 is 27.5 Å². The second kappa shape index (κ2) is 3.59. The van der Waals surface area contributed by atoms with Crippen molar-refractivity contribution in [1.82, 2.24) is 9.55 Å². The first-order chi connectivity index (χ1) is 6.24. The molecule has 0 radical (unpaired) electrons. The minimum Gasteiger partial charge on any atom is -0.328 e. The third-order valence-electron chi connectivity index (χ3n) is 2.51. The van der Waals surface area contributed by atoms with Crippen LogP contribution in [-0.4, -0.2) is 16.1 Å². The molecule has 1 atom stereocenters. The lowest BCUT2D eigenvalue weighted by molar-refractivity contribution is 0.403. The molecule has 1 aliphatic rings. The van der Waals surface area contributed by atoms with Crippen molar-refractivity contribution in [3.63, 3.8) is 0 Å². The number of halogens is 2. The van der Waals surface area contributed by atoms with E-state index in [0.717, 1.165) is 29.7 Å². The number of nitrogens with zero attached hydrogens (tertiary/aromatic N) is 2. The minimum atomic E-state index is 0.359. The highest BCUT2D eigenvalue weighted by Crippen LogP contribution is 2.32. The van der Waals surface area contributed by atoms with Gasteiger partial charge in [-0.1, -0.05) is 11.6 Å². The number of rotatable bonds is 1. The fraction of sp³-hybridized carbons (Fsp3) is 0.625. The van der Waals surface area contributed by atoms with Gasteiger partial charge < -0.3 is 10.3 Å². The summed E-state index contributed by atoms with van der Waals surface area (Å²) in [4.78, 5) is 4.18. The Morgan fingerprint density at radius 3 is 3.15 bits per heavy atom. The Bertz CT molecular complexity index is 323. The summed E-state index contributed by atoms with van der Waals surface area (Å²) < 4.78 is 2.92. The zero-order chi connectivity index (χ0) is 9.42. The van der Waals surface area contributed by atoms with Crippen molar-refractivity contribution in [2.75, 3.05) is 6.54 Å². The second-order valence-electron chi connectivity index (χ2n) is 3.27. The maximum Gasteiger partial charge on any atom is 0.179 e. The summed E-state index contributed by atoms with van der Waals surface area (Å²) in [5.74, 6) is 0. The monoisotopic (exact) mass is 263 g/mol. The summed E-state index contributed by atoms with van der Waals surface area (Å²) in [7, 11) is 0. The standard InChI is InChI=1S/C8H11BrClN3/c9-8-12-7(10)6-3-1-2-5(4-11)13(6)8/h5H,1-4,11H2. The van der Waals surface area contributed by atoms with E-state index in [4.69, 9.17) is 17.3 Å². The molecule has 0 aliphatic carbocycles. The zero-order valence-corrected chi connectivity index (χ0v) is 9.48. The Balaban J connectivity index is 2.48. The first-order valence-corrected chi connectivity index (χ1v) is 5.53. The molecular weight excluding hydrogens is 253 g/mol. The van der Waals surface area contributed by atoms with E-state index in [2.05, 4.69) is 25.5 Å². The lowest BCUT2D eigenvalue weighted by Crippen LogP contribution is -2.24. The number of hydrogen-bond donors (Lipinski definition) is 1. The van der Waals surface area contributed by atoms with Crippen LogP contribution in [0.25, 0.3) is 0 Å². The van der Waals surface area contributed by atoms with Gasteiger partial charge in [0, 0.05) is 12.6 Å². The molecule has 0 bridgehead atoms. The Morgan fingerprint density at radius 1 is 1.69 bits per heavy atom. The number of aromatic nitrogens is 2. The molecule has 72 valence electrons. The van der Waals surface area contributed by atoms with E-state index >= 15 is 0 Å². The molecule has 2 rings (SSSR count). The highest BCUT2D eigenvalue weighted by Gasteiger charge is 2.24. The predicted molar refractivity (Wildman–Crippen MR) is 56.0 cm³/mol. The third-order valence-corrected chi connectivity index (χ3v) is 3.37. The highest BCUT2D eigenvalue weighted by molar-refractivity contribution is 9.10. The Morgan fingerprint density at radius 2 is 2.46 bits per heavy atom. The molecule has 1 unspecified atom stereocenters. The Kier molecular flexibility index (Phi) is 2.62. The van der Waals surface area contributed by atoms with E-state index in [1.54, 1.807) is 0 Å². The van der Waals surface area contributed by atoms with Crippen LogP contribution in [0.1, 0.15) is 24.6 Å². The highest BCUT2D eigenvalue weighted by atomic mass is 79.9. The van der Waals surface area contributed by atoms with Gasteiger partial charge in [-0.3, -0.25) is 0 Å². The van der Waals surface area contributed by atoms with Gasteiger partial charge in [-0.15, -0.1) is 0 Å². The predicted octanol–water partition coefficient (Wildman–Crippen LogP) is 2.14. The van der Waals surface area contributed by atoms with Crippen molar-refractivity contribution in [1.29, 1.82) is 0 Å². The van der Waals surface area contributed by atoms with Gasteiger partial charge in [-0.05, 0) is 35.2 Å². The van der Waals surface area contributed by atoms with Crippen LogP contribution in [0.5, 0.6) is 0 Å². The molecule has 0 amide bonds. The molecule has 0 saturated heterocycles. The average Bonchev–Trinajstić information content (AvgIpc) is 2.43. The van der Waals surface area contributed by atoms with Gasteiger partial charge in [0.1, 0.15) is 0 Å². The van der Waals surface area contributed by atoms with Crippen LogP contribution < -0.4 is 5.73 Å². The molecule has 0 saturated carbocycles. The molecule has 0 spiro atoms. The van der Waals surface area contributed by atoms with Gasteiger partial charge in [0.05, 0.1) is 5.69 Å². The number of nitrogens with two attached hydrogens (primary N) is 1. The molecule has 1 aromatic heterocycles. The molecule has 2 N–H and O–H groups in total. The fourth-order valence-corrected chi connectivity index (χ4v) is 2.91. The van der Waals surface area contributed by atoms with Gasteiger partial charge in [0.25, 0.3) is 0 Å². The quantitative estimate of drug-likeness (QED) is 0.844. The summed E-state index contributed by atoms with van der Waals surface area (Å²) in [6, 6.07) is 0.359. The zero-order valence-electron chi connectivity index (χ0n) is 7.13. The maximum atomic E-state index is 5.98. The van der Waals surface area contributed by atoms with Crippen molar-refractivity contribution in [2.24, 2.45) is 5.73 Å². The maximum absolute atomic E-state index is 5.98. The normalized spacial score (nSPS) is 21.6. The summed E-state index contributed by atoms with van der Waals surface area (Å²) in [5, 5.41) is 0.616. The van der Waals surface area contributed by atoms with Crippen LogP contribution in [0, 0.1) is 0 Å². The van der Waals surface area contributed by atoms with Crippen LogP contribution in [0.15, 0.2) is 4.73 Å². The van der Waals surface area contributed by atoms with E-state index in [1.807, 2.05) is 0 Å². The van der Waals surface area contributed by atoms with Crippen molar-refractivity contribution in [3.05, 3.63) is 15.6 Å². The molecule has 13 heavy (non-hydrogen) atoms.